The lowest BCUT2D eigenvalue weighted by Crippen LogP contribution is -2.07. The Balaban J connectivity index is 2.70. The molecule has 0 saturated heterocycles. The fourth-order valence-corrected chi connectivity index (χ4v) is 1.22. The van der Waals surface area contributed by atoms with E-state index in [1.54, 1.807) is 37.3 Å². The predicted molar refractivity (Wildman–Crippen MR) is 65.9 cm³/mol. The van der Waals surface area contributed by atoms with Crippen molar-refractivity contribution in [3.05, 3.63) is 35.7 Å². The summed E-state index contributed by atoms with van der Waals surface area (Å²) >= 11 is 0. The van der Waals surface area contributed by atoms with E-state index in [1.807, 2.05) is 0 Å². The highest BCUT2D eigenvalue weighted by atomic mass is 16.5. The minimum absolute atomic E-state index is 0.168. The monoisotopic (exact) mass is 249 g/mol. The quantitative estimate of drug-likeness (QED) is 0.745. The van der Waals surface area contributed by atoms with Crippen molar-refractivity contribution in [3.63, 3.8) is 0 Å². The zero-order valence-electron chi connectivity index (χ0n) is 10.4. The average Bonchev–Trinajstić information content (AvgIpc) is 2.39. The number of pyridine rings is 1. The molecule has 1 heterocycles. The lowest BCUT2D eigenvalue weighted by Gasteiger charge is -2.01. The molecule has 0 aliphatic rings. The van der Waals surface area contributed by atoms with Gasteiger partial charge in [0, 0.05) is 0 Å². The number of hydrogen-bond donors (Lipinski definition) is 0. The van der Waals surface area contributed by atoms with Crippen LogP contribution in [-0.4, -0.2) is 30.6 Å². The van der Waals surface area contributed by atoms with E-state index in [0.29, 0.717) is 12.3 Å². The van der Waals surface area contributed by atoms with E-state index in [0.717, 1.165) is 0 Å². The fraction of sp³-hybridized carbons (Fsp3) is 0.308. The maximum atomic E-state index is 11.4. The topological polar surface area (TPSA) is 65.5 Å². The summed E-state index contributed by atoms with van der Waals surface area (Å²) in [6.45, 7) is 2.04. The summed E-state index contributed by atoms with van der Waals surface area (Å²) < 4.78 is 9.34. The van der Waals surface area contributed by atoms with Crippen molar-refractivity contribution in [1.29, 1.82) is 0 Å². The highest BCUT2D eigenvalue weighted by Crippen LogP contribution is 2.04. The highest BCUT2D eigenvalue weighted by Gasteiger charge is 2.07. The summed E-state index contributed by atoms with van der Waals surface area (Å²) in [7, 11) is 1.33. The van der Waals surface area contributed by atoms with Gasteiger partial charge in [-0.2, -0.15) is 0 Å². The number of carbonyl (C=O) groups is 2. The normalized spacial score (nSPS) is 10.3. The second-order valence-electron chi connectivity index (χ2n) is 3.35. The molecule has 0 radical (unpaired) electrons. The Morgan fingerprint density at radius 1 is 1.39 bits per heavy atom. The number of methoxy groups -OCH3 is 1. The van der Waals surface area contributed by atoms with Crippen LogP contribution in [0, 0.1) is 0 Å². The van der Waals surface area contributed by atoms with Crippen molar-refractivity contribution in [2.75, 3.05) is 13.7 Å². The third-order valence-corrected chi connectivity index (χ3v) is 2.06. The van der Waals surface area contributed by atoms with E-state index in [-0.39, 0.29) is 18.1 Å². The Hall–Kier alpha value is -2.17. The zero-order valence-corrected chi connectivity index (χ0v) is 10.4. The molecular weight excluding hydrogens is 234 g/mol. The molecule has 5 heteroatoms. The number of ether oxygens (including phenoxy) is 2. The summed E-state index contributed by atoms with van der Waals surface area (Å²) in [4.78, 5) is 26.4. The Bertz CT molecular complexity index is 454. The fourth-order valence-electron chi connectivity index (χ4n) is 1.22. The lowest BCUT2D eigenvalue weighted by atomic mass is 10.2. The first-order chi connectivity index (χ1) is 8.67. The first-order valence-electron chi connectivity index (χ1n) is 5.55. The van der Waals surface area contributed by atoms with Gasteiger partial charge >= 0.3 is 11.9 Å². The highest BCUT2D eigenvalue weighted by molar-refractivity contribution is 5.87. The standard InChI is InChI=1S/C13H15NO4/c1-3-18-13(16)11-8-4-6-10(14-11)7-5-9-12(15)17-2/h4-8H,3,9H2,1-2H3. The van der Waals surface area contributed by atoms with Crippen LogP contribution in [0.5, 0.6) is 0 Å². The molecule has 0 aliphatic carbocycles. The first kappa shape index (κ1) is 13.9. The number of aromatic nitrogens is 1. The van der Waals surface area contributed by atoms with Crippen molar-refractivity contribution >= 4 is 18.0 Å². The number of carbonyl (C=O) groups excluding carboxylic acids is 2. The molecule has 0 aliphatic heterocycles. The van der Waals surface area contributed by atoms with E-state index in [4.69, 9.17) is 4.74 Å². The van der Waals surface area contributed by atoms with Gasteiger partial charge in [0.15, 0.2) is 0 Å². The van der Waals surface area contributed by atoms with Gasteiger partial charge in [-0.3, -0.25) is 4.79 Å². The van der Waals surface area contributed by atoms with E-state index >= 15 is 0 Å². The van der Waals surface area contributed by atoms with E-state index < -0.39 is 5.97 Å². The van der Waals surface area contributed by atoms with E-state index in [9.17, 15) is 9.59 Å². The maximum absolute atomic E-state index is 11.4. The Morgan fingerprint density at radius 2 is 2.17 bits per heavy atom. The second kappa shape index (κ2) is 7.21. The average molecular weight is 249 g/mol. The maximum Gasteiger partial charge on any atom is 0.356 e. The number of rotatable bonds is 5. The van der Waals surface area contributed by atoms with Crippen LogP contribution in [0.3, 0.4) is 0 Å². The molecule has 1 aromatic heterocycles. The number of esters is 2. The summed E-state index contributed by atoms with van der Waals surface area (Å²) in [6, 6.07) is 5.02. The van der Waals surface area contributed by atoms with Gasteiger partial charge in [-0.1, -0.05) is 12.1 Å². The van der Waals surface area contributed by atoms with E-state index in [1.165, 1.54) is 7.11 Å². The number of hydrogen-bond acceptors (Lipinski definition) is 5. The first-order valence-corrected chi connectivity index (χ1v) is 5.55. The van der Waals surface area contributed by atoms with Crippen molar-refractivity contribution < 1.29 is 19.1 Å². The third-order valence-electron chi connectivity index (χ3n) is 2.06. The largest absolute Gasteiger partial charge is 0.469 e. The van der Waals surface area contributed by atoms with Gasteiger partial charge in [-0.15, -0.1) is 0 Å². The van der Waals surface area contributed by atoms with Crippen LogP contribution in [0.2, 0.25) is 0 Å². The lowest BCUT2D eigenvalue weighted by molar-refractivity contribution is -0.139. The van der Waals surface area contributed by atoms with Gasteiger partial charge < -0.3 is 9.47 Å². The molecule has 5 nitrogen and oxygen atoms in total. The van der Waals surface area contributed by atoms with Crippen LogP contribution in [0.1, 0.15) is 29.5 Å². The molecule has 0 aromatic carbocycles. The molecule has 0 atom stereocenters. The molecule has 96 valence electrons. The molecule has 0 fully saturated rings. The van der Waals surface area contributed by atoms with Gasteiger partial charge in [0.1, 0.15) is 5.69 Å². The summed E-state index contributed by atoms with van der Waals surface area (Å²) in [6.07, 6.45) is 3.45. The predicted octanol–water partition coefficient (Wildman–Crippen LogP) is 1.83. The van der Waals surface area contributed by atoms with Gasteiger partial charge in [0.2, 0.25) is 0 Å². The van der Waals surface area contributed by atoms with Crippen molar-refractivity contribution in [3.8, 4) is 0 Å². The second-order valence-corrected chi connectivity index (χ2v) is 3.35. The van der Waals surface area contributed by atoms with Crippen LogP contribution in [0.15, 0.2) is 24.3 Å². The smallest absolute Gasteiger partial charge is 0.356 e. The van der Waals surface area contributed by atoms with Gasteiger partial charge in [-0.05, 0) is 25.1 Å². The molecule has 0 N–H and O–H groups in total. The van der Waals surface area contributed by atoms with Crippen LogP contribution < -0.4 is 0 Å². The molecule has 0 saturated carbocycles. The summed E-state index contributed by atoms with van der Waals surface area (Å²) in [5.74, 6) is -0.784. The van der Waals surface area contributed by atoms with Gasteiger partial charge in [0.25, 0.3) is 0 Å². The molecular formula is C13H15NO4. The summed E-state index contributed by atoms with van der Waals surface area (Å²) in [5.41, 5.74) is 0.835. The minimum atomic E-state index is -0.458. The molecule has 0 amide bonds. The van der Waals surface area contributed by atoms with Crippen molar-refractivity contribution in [2.24, 2.45) is 0 Å². The number of nitrogens with zero attached hydrogens (tertiary/aromatic N) is 1. The van der Waals surface area contributed by atoms with Crippen LogP contribution in [0.4, 0.5) is 0 Å². The van der Waals surface area contributed by atoms with E-state index in [2.05, 4.69) is 9.72 Å². The molecule has 0 spiro atoms. The molecule has 1 aromatic rings. The third kappa shape index (κ3) is 4.37. The van der Waals surface area contributed by atoms with Crippen molar-refractivity contribution in [2.45, 2.75) is 13.3 Å². The van der Waals surface area contributed by atoms with Crippen molar-refractivity contribution in [1.82, 2.24) is 4.98 Å². The van der Waals surface area contributed by atoms with Gasteiger partial charge in [0.05, 0.1) is 25.8 Å². The minimum Gasteiger partial charge on any atom is -0.469 e. The zero-order chi connectivity index (χ0) is 13.4. The Morgan fingerprint density at radius 3 is 2.83 bits per heavy atom. The van der Waals surface area contributed by atoms with Crippen LogP contribution in [-0.2, 0) is 14.3 Å². The Kier molecular flexibility index (Phi) is 5.57. The Labute approximate surface area is 105 Å². The molecule has 0 bridgehead atoms. The molecule has 18 heavy (non-hydrogen) atoms. The molecule has 1 rings (SSSR count). The van der Waals surface area contributed by atoms with Crippen LogP contribution in [0.25, 0.3) is 6.08 Å². The van der Waals surface area contributed by atoms with Crippen LogP contribution >= 0.6 is 0 Å². The SMILES string of the molecule is CCOC(=O)c1cccc(C=CCC(=O)OC)n1. The molecule has 0 unspecified atom stereocenters. The van der Waals surface area contributed by atoms with Gasteiger partial charge in [-0.25, -0.2) is 9.78 Å². The summed E-state index contributed by atoms with van der Waals surface area (Å²) in [5, 5.41) is 0.